The second-order valence-electron chi connectivity index (χ2n) is 8.51. The van der Waals surface area contributed by atoms with E-state index < -0.39 is 12.0 Å². The molecular weight excluding hydrogens is 528 g/mol. The molecule has 0 spiro atoms. The number of thiazole rings is 1. The number of hydrogen-bond donors (Lipinski definition) is 0. The molecule has 6 nitrogen and oxygen atoms in total. The van der Waals surface area contributed by atoms with Crippen molar-refractivity contribution in [1.82, 2.24) is 4.57 Å². The van der Waals surface area contributed by atoms with Gasteiger partial charge < -0.3 is 9.47 Å². The number of fused-ring (bicyclic) bond motifs is 1. The summed E-state index contributed by atoms with van der Waals surface area (Å²) in [6, 6.07) is 13.0. The topological polar surface area (TPSA) is 69.9 Å². The third kappa shape index (κ3) is 4.90. The van der Waals surface area contributed by atoms with Gasteiger partial charge in [-0.25, -0.2) is 9.79 Å². The van der Waals surface area contributed by atoms with E-state index in [1.165, 1.54) is 16.9 Å². The van der Waals surface area contributed by atoms with E-state index in [2.05, 4.69) is 34.8 Å². The molecule has 0 radical (unpaired) electrons. The Balaban J connectivity index is 1.94. The molecule has 0 unspecified atom stereocenters. The molecule has 4 rings (SSSR count). The molecule has 0 N–H and O–H groups in total. The van der Waals surface area contributed by atoms with Gasteiger partial charge in [-0.2, -0.15) is 0 Å². The van der Waals surface area contributed by atoms with E-state index in [4.69, 9.17) is 9.47 Å². The van der Waals surface area contributed by atoms with Crippen molar-refractivity contribution in [2.75, 3.05) is 13.7 Å². The van der Waals surface area contributed by atoms with Crippen LogP contribution in [0.4, 0.5) is 0 Å². The Morgan fingerprint density at radius 3 is 2.57 bits per heavy atom. The summed E-state index contributed by atoms with van der Waals surface area (Å²) < 4.78 is 13.7. The Hall–Kier alpha value is -2.97. The fraction of sp³-hybridized carbons (Fsp3) is 0.296. The maximum absolute atomic E-state index is 13.7. The van der Waals surface area contributed by atoms with Crippen LogP contribution >= 0.6 is 27.3 Å². The second-order valence-corrected chi connectivity index (χ2v) is 10.4. The van der Waals surface area contributed by atoms with Gasteiger partial charge >= 0.3 is 5.97 Å². The number of nitrogens with zero attached hydrogens (tertiary/aromatic N) is 2. The molecule has 182 valence electrons. The second kappa shape index (κ2) is 10.3. The first kappa shape index (κ1) is 25.1. The Labute approximate surface area is 216 Å². The lowest BCUT2D eigenvalue weighted by molar-refractivity contribution is -0.139. The standard InChI is InChI=1S/C27H27BrN2O4S/c1-6-34-26(32)23-16(4)29-27-30(24(23)18-9-7-17(8-10-18)15(2)3)25(31)22(35-27)14-19-13-20(33-5)11-12-21(19)28/h7-15,24H,6H2,1-5H3/b22-14-/t24-/m0/s1. The first-order valence-electron chi connectivity index (χ1n) is 11.4. The quantitative estimate of drug-likeness (QED) is 0.414. The maximum Gasteiger partial charge on any atom is 0.338 e. The number of hydrogen-bond acceptors (Lipinski definition) is 6. The fourth-order valence-electron chi connectivity index (χ4n) is 4.07. The summed E-state index contributed by atoms with van der Waals surface area (Å²) >= 11 is 4.85. The minimum atomic E-state index is -0.623. The SMILES string of the molecule is CCOC(=O)C1=C(C)N=c2s/c(=C\c3cc(OC)ccc3Br)c(=O)n2[C@H]1c1ccc(C(C)C)cc1. The van der Waals surface area contributed by atoms with Crippen LogP contribution in [0.15, 0.2) is 68.0 Å². The summed E-state index contributed by atoms with van der Waals surface area (Å²) in [5.41, 5.74) is 3.55. The average molecular weight is 555 g/mol. The predicted molar refractivity (Wildman–Crippen MR) is 142 cm³/mol. The number of allylic oxidation sites excluding steroid dienone is 1. The summed E-state index contributed by atoms with van der Waals surface area (Å²) in [6.45, 7) is 8.05. The Kier molecular flexibility index (Phi) is 7.42. The Morgan fingerprint density at radius 1 is 1.23 bits per heavy atom. The van der Waals surface area contributed by atoms with Crippen molar-refractivity contribution in [2.45, 2.75) is 39.7 Å². The van der Waals surface area contributed by atoms with Gasteiger partial charge in [0.05, 0.1) is 35.6 Å². The first-order valence-corrected chi connectivity index (χ1v) is 13.0. The monoisotopic (exact) mass is 554 g/mol. The number of rotatable bonds is 6. The normalized spacial score (nSPS) is 15.7. The van der Waals surface area contributed by atoms with Crippen molar-refractivity contribution >= 4 is 39.3 Å². The van der Waals surface area contributed by atoms with Gasteiger partial charge in [-0.05, 0) is 60.7 Å². The van der Waals surface area contributed by atoms with Crippen LogP contribution in [0.25, 0.3) is 6.08 Å². The van der Waals surface area contributed by atoms with Crippen molar-refractivity contribution in [2.24, 2.45) is 4.99 Å². The van der Waals surface area contributed by atoms with E-state index in [0.717, 1.165) is 15.6 Å². The van der Waals surface area contributed by atoms with Crippen molar-refractivity contribution in [3.05, 3.63) is 94.6 Å². The number of esters is 1. The van der Waals surface area contributed by atoms with Crippen LogP contribution in [0, 0.1) is 0 Å². The molecule has 35 heavy (non-hydrogen) atoms. The zero-order chi connectivity index (χ0) is 25.3. The molecule has 1 aliphatic heterocycles. The summed E-state index contributed by atoms with van der Waals surface area (Å²) in [5.74, 6) is 0.599. The zero-order valence-corrected chi connectivity index (χ0v) is 22.7. The first-order chi connectivity index (χ1) is 16.7. The highest BCUT2D eigenvalue weighted by atomic mass is 79.9. The van der Waals surface area contributed by atoms with Crippen molar-refractivity contribution in [3.8, 4) is 5.75 Å². The smallest absolute Gasteiger partial charge is 0.338 e. The third-order valence-corrected chi connectivity index (χ3v) is 7.63. The minimum Gasteiger partial charge on any atom is -0.497 e. The largest absolute Gasteiger partial charge is 0.497 e. The molecule has 8 heteroatoms. The number of carbonyl (C=O) groups is 1. The molecule has 2 heterocycles. The van der Waals surface area contributed by atoms with Gasteiger partial charge in [0.15, 0.2) is 4.80 Å². The zero-order valence-electron chi connectivity index (χ0n) is 20.3. The van der Waals surface area contributed by atoms with Crippen LogP contribution in [-0.2, 0) is 9.53 Å². The number of halogens is 1. The molecule has 1 aromatic heterocycles. The molecule has 2 aromatic carbocycles. The molecule has 0 amide bonds. The summed E-state index contributed by atoms with van der Waals surface area (Å²) in [4.78, 5) is 31.9. The van der Waals surface area contributed by atoms with Crippen LogP contribution in [0.3, 0.4) is 0 Å². The summed E-state index contributed by atoms with van der Waals surface area (Å²) in [5, 5.41) is 0. The lowest BCUT2D eigenvalue weighted by atomic mass is 9.93. The van der Waals surface area contributed by atoms with Crippen molar-refractivity contribution in [3.63, 3.8) is 0 Å². The Morgan fingerprint density at radius 2 is 1.94 bits per heavy atom. The van der Waals surface area contributed by atoms with Gasteiger partial charge in [0.25, 0.3) is 5.56 Å². The third-order valence-electron chi connectivity index (χ3n) is 5.93. The number of ether oxygens (including phenoxy) is 2. The maximum atomic E-state index is 13.7. The number of methoxy groups -OCH3 is 1. The van der Waals surface area contributed by atoms with E-state index in [-0.39, 0.29) is 12.2 Å². The van der Waals surface area contributed by atoms with Gasteiger partial charge in [-0.15, -0.1) is 0 Å². The van der Waals surface area contributed by atoms with Gasteiger partial charge in [0.1, 0.15) is 5.75 Å². The van der Waals surface area contributed by atoms with Crippen molar-refractivity contribution in [1.29, 1.82) is 0 Å². The van der Waals surface area contributed by atoms with E-state index in [9.17, 15) is 9.59 Å². The fourth-order valence-corrected chi connectivity index (χ4v) is 5.47. The number of aromatic nitrogens is 1. The van der Waals surface area contributed by atoms with Crippen LogP contribution in [0.1, 0.15) is 56.3 Å². The molecule has 0 saturated heterocycles. The van der Waals surface area contributed by atoms with Gasteiger partial charge in [0, 0.05) is 4.47 Å². The van der Waals surface area contributed by atoms with Crippen LogP contribution in [0.2, 0.25) is 0 Å². The van der Waals surface area contributed by atoms with E-state index in [1.54, 1.807) is 25.5 Å². The molecule has 0 saturated carbocycles. The molecule has 0 aliphatic carbocycles. The Bertz CT molecular complexity index is 1480. The number of carbonyl (C=O) groups excluding carboxylic acids is 1. The highest BCUT2D eigenvalue weighted by Crippen LogP contribution is 2.31. The van der Waals surface area contributed by atoms with Gasteiger partial charge in [-0.3, -0.25) is 9.36 Å². The van der Waals surface area contributed by atoms with Crippen LogP contribution in [0.5, 0.6) is 5.75 Å². The lowest BCUT2D eigenvalue weighted by Gasteiger charge is -2.25. The molecule has 0 fully saturated rings. The number of benzene rings is 2. The van der Waals surface area contributed by atoms with E-state index >= 15 is 0 Å². The highest BCUT2D eigenvalue weighted by Gasteiger charge is 2.33. The minimum absolute atomic E-state index is 0.212. The molecule has 0 bridgehead atoms. The highest BCUT2D eigenvalue weighted by molar-refractivity contribution is 9.10. The summed E-state index contributed by atoms with van der Waals surface area (Å²) in [7, 11) is 1.60. The summed E-state index contributed by atoms with van der Waals surface area (Å²) in [6.07, 6.45) is 1.82. The average Bonchev–Trinajstić information content (AvgIpc) is 3.14. The van der Waals surface area contributed by atoms with E-state index in [1.807, 2.05) is 48.5 Å². The lowest BCUT2D eigenvalue weighted by Crippen LogP contribution is -2.39. The molecular formula is C27H27BrN2O4S. The van der Waals surface area contributed by atoms with Crippen molar-refractivity contribution < 1.29 is 14.3 Å². The molecule has 1 atom stereocenters. The van der Waals surface area contributed by atoms with Gasteiger partial charge in [-0.1, -0.05) is 65.4 Å². The molecule has 1 aliphatic rings. The van der Waals surface area contributed by atoms with Crippen LogP contribution < -0.4 is 19.6 Å². The van der Waals surface area contributed by atoms with Crippen LogP contribution in [-0.4, -0.2) is 24.3 Å². The van der Waals surface area contributed by atoms with Gasteiger partial charge in [0.2, 0.25) is 0 Å². The predicted octanol–water partition coefficient (Wildman–Crippen LogP) is 4.69. The van der Waals surface area contributed by atoms with E-state index in [0.29, 0.717) is 32.3 Å². The molecule has 3 aromatic rings.